The number of benzene rings is 2. The lowest BCUT2D eigenvalue weighted by Gasteiger charge is -2.35. The molecule has 154 valence electrons. The third-order valence-corrected chi connectivity index (χ3v) is 5.36. The Morgan fingerprint density at radius 3 is 2.48 bits per heavy atom. The molecule has 29 heavy (non-hydrogen) atoms. The highest BCUT2D eigenvalue weighted by Crippen LogP contribution is 2.27. The van der Waals surface area contributed by atoms with Crippen LogP contribution in [0.5, 0.6) is 5.75 Å². The van der Waals surface area contributed by atoms with Crippen molar-refractivity contribution >= 4 is 39.1 Å². The zero-order valence-corrected chi connectivity index (χ0v) is 17.9. The molecule has 1 aliphatic heterocycles. The summed E-state index contributed by atoms with van der Waals surface area (Å²) in [6, 6.07) is 12.9. The first-order chi connectivity index (χ1) is 13.9. The average molecular weight is 461 g/mol. The van der Waals surface area contributed by atoms with Crippen LogP contribution in [0.25, 0.3) is 0 Å². The van der Waals surface area contributed by atoms with Crippen molar-refractivity contribution in [3.63, 3.8) is 0 Å². The SMILES string of the molecule is Cc1cc(Br)ccc1NC(=O)CNC(=O)CN1CCN(c2ccccc2O)CC1. The Morgan fingerprint density at radius 1 is 1.07 bits per heavy atom. The molecule has 3 N–H and O–H groups in total. The number of halogens is 1. The van der Waals surface area contributed by atoms with Crippen LogP contribution in [0.1, 0.15) is 5.56 Å². The van der Waals surface area contributed by atoms with E-state index in [2.05, 4.69) is 31.5 Å². The van der Waals surface area contributed by atoms with E-state index in [-0.39, 0.29) is 30.7 Å². The maximum atomic E-state index is 12.2. The second-order valence-electron chi connectivity index (χ2n) is 7.04. The van der Waals surface area contributed by atoms with E-state index < -0.39 is 0 Å². The molecule has 0 spiro atoms. The van der Waals surface area contributed by atoms with E-state index in [9.17, 15) is 14.7 Å². The summed E-state index contributed by atoms with van der Waals surface area (Å²) in [5, 5.41) is 15.5. The molecule has 1 aliphatic rings. The quantitative estimate of drug-likeness (QED) is 0.615. The number of aryl methyl sites for hydroxylation is 1. The Morgan fingerprint density at radius 2 is 1.79 bits per heavy atom. The van der Waals surface area contributed by atoms with Gasteiger partial charge in [-0.05, 0) is 42.8 Å². The van der Waals surface area contributed by atoms with Crippen molar-refractivity contribution in [2.24, 2.45) is 0 Å². The van der Waals surface area contributed by atoms with Gasteiger partial charge in [-0.1, -0.05) is 28.1 Å². The molecule has 0 bridgehead atoms. The maximum absolute atomic E-state index is 12.2. The van der Waals surface area contributed by atoms with Gasteiger partial charge in [-0.3, -0.25) is 14.5 Å². The number of carbonyl (C=O) groups excluding carboxylic acids is 2. The Bertz CT molecular complexity index is 882. The highest BCUT2D eigenvalue weighted by atomic mass is 79.9. The van der Waals surface area contributed by atoms with Gasteiger partial charge in [0.1, 0.15) is 5.75 Å². The zero-order chi connectivity index (χ0) is 20.8. The van der Waals surface area contributed by atoms with Gasteiger partial charge in [-0.15, -0.1) is 0 Å². The van der Waals surface area contributed by atoms with Crippen LogP contribution in [-0.4, -0.2) is 61.1 Å². The summed E-state index contributed by atoms with van der Waals surface area (Å²) in [7, 11) is 0. The maximum Gasteiger partial charge on any atom is 0.243 e. The van der Waals surface area contributed by atoms with Crippen molar-refractivity contribution in [1.29, 1.82) is 0 Å². The fraction of sp³-hybridized carbons (Fsp3) is 0.333. The van der Waals surface area contributed by atoms with Gasteiger partial charge in [0.2, 0.25) is 11.8 Å². The molecule has 0 aliphatic carbocycles. The van der Waals surface area contributed by atoms with Crippen LogP contribution in [0, 0.1) is 6.92 Å². The number of phenols is 1. The molecule has 2 aromatic rings. The lowest BCUT2D eigenvalue weighted by atomic mass is 10.2. The molecule has 0 radical (unpaired) electrons. The molecule has 1 saturated heterocycles. The monoisotopic (exact) mass is 460 g/mol. The van der Waals surface area contributed by atoms with Crippen molar-refractivity contribution < 1.29 is 14.7 Å². The summed E-state index contributed by atoms with van der Waals surface area (Å²) >= 11 is 3.39. The van der Waals surface area contributed by atoms with Gasteiger partial charge in [-0.25, -0.2) is 0 Å². The van der Waals surface area contributed by atoms with Crippen molar-refractivity contribution in [2.75, 3.05) is 49.5 Å². The minimum atomic E-state index is -0.256. The van der Waals surface area contributed by atoms with Crippen LogP contribution in [0.4, 0.5) is 11.4 Å². The molecular weight excluding hydrogens is 436 g/mol. The number of anilines is 2. The fourth-order valence-corrected chi connectivity index (χ4v) is 3.75. The predicted molar refractivity (Wildman–Crippen MR) is 117 cm³/mol. The van der Waals surface area contributed by atoms with Gasteiger partial charge in [0.15, 0.2) is 0 Å². The number of carbonyl (C=O) groups is 2. The molecule has 8 heteroatoms. The van der Waals surface area contributed by atoms with Gasteiger partial charge in [0.05, 0.1) is 18.8 Å². The summed E-state index contributed by atoms with van der Waals surface area (Å²) in [6.07, 6.45) is 0. The highest BCUT2D eigenvalue weighted by Gasteiger charge is 2.20. The number of hydrogen-bond acceptors (Lipinski definition) is 5. The molecule has 0 atom stereocenters. The molecule has 2 amide bonds. The summed E-state index contributed by atoms with van der Waals surface area (Å²) < 4.78 is 0.948. The van der Waals surface area contributed by atoms with E-state index in [4.69, 9.17) is 0 Å². The van der Waals surface area contributed by atoms with Gasteiger partial charge in [0.25, 0.3) is 0 Å². The standard InChI is InChI=1S/C21H25BrN4O3/c1-15-12-16(22)6-7-17(15)24-20(28)13-23-21(29)14-25-8-10-26(11-9-25)18-4-2-3-5-19(18)27/h2-7,12,27H,8-11,13-14H2,1H3,(H,23,29)(H,24,28). The van der Waals surface area contributed by atoms with Crippen LogP contribution >= 0.6 is 15.9 Å². The lowest BCUT2D eigenvalue weighted by molar-refractivity contribution is -0.125. The van der Waals surface area contributed by atoms with Gasteiger partial charge < -0.3 is 20.6 Å². The molecule has 0 unspecified atom stereocenters. The normalized spacial score (nSPS) is 14.5. The number of para-hydroxylation sites is 2. The Hall–Kier alpha value is -2.58. The number of amides is 2. The van der Waals surface area contributed by atoms with E-state index in [1.165, 1.54) is 0 Å². The van der Waals surface area contributed by atoms with Crippen molar-refractivity contribution in [1.82, 2.24) is 10.2 Å². The van der Waals surface area contributed by atoms with Crippen LogP contribution in [-0.2, 0) is 9.59 Å². The summed E-state index contributed by atoms with van der Waals surface area (Å²) in [6.45, 7) is 4.99. The number of hydrogen-bond donors (Lipinski definition) is 3. The van der Waals surface area contributed by atoms with E-state index >= 15 is 0 Å². The first-order valence-electron chi connectivity index (χ1n) is 9.50. The summed E-state index contributed by atoms with van der Waals surface area (Å²) in [4.78, 5) is 28.4. The molecular formula is C21H25BrN4O3. The van der Waals surface area contributed by atoms with Crippen LogP contribution in [0.3, 0.4) is 0 Å². The van der Waals surface area contributed by atoms with Crippen LogP contribution in [0.2, 0.25) is 0 Å². The second-order valence-corrected chi connectivity index (χ2v) is 7.95. The third kappa shape index (κ3) is 5.95. The Labute approximate surface area is 178 Å². The minimum Gasteiger partial charge on any atom is -0.506 e. The van der Waals surface area contributed by atoms with E-state index in [1.807, 2.05) is 42.2 Å². The summed E-state index contributed by atoms with van der Waals surface area (Å²) in [5.74, 6) is -0.164. The number of aromatic hydroxyl groups is 1. The van der Waals surface area contributed by atoms with Crippen LogP contribution < -0.4 is 15.5 Å². The van der Waals surface area contributed by atoms with Crippen LogP contribution in [0.15, 0.2) is 46.9 Å². The number of piperazine rings is 1. The minimum absolute atomic E-state index is 0.0633. The molecule has 0 aromatic heterocycles. The largest absolute Gasteiger partial charge is 0.506 e. The molecule has 7 nitrogen and oxygen atoms in total. The van der Waals surface area contributed by atoms with Crippen molar-refractivity contribution in [3.8, 4) is 5.75 Å². The molecule has 2 aromatic carbocycles. The highest BCUT2D eigenvalue weighted by molar-refractivity contribution is 9.10. The summed E-state index contributed by atoms with van der Waals surface area (Å²) in [5.41, 5.74) is 2.49. The number of rotatable bonds is 6. The Kier molecular flexibility index (Phi) is 7.11. The molecule has 0 saturated carbocycles. The van der Waals surface area contributed by atoms with Gasteiger partial charge in [-0.2, -0.15) is 0 Å². The number of nitrogens with one attached hydrogen (secondary N) is 2. The van der Waals surface area contributed by atoms with E-state index in [1.54, 1.807) is 12.1 Å². The third-order valence-electron chi connectivity index (χ3n) is 4.87. The zero-order valence-electron chi connectivity index (χ0n) is 16.3. The second kappa shape index (κ2) is 9.76. The van der Waals surface area contributed by atoms with E-state index in [0.29, 0.717) is 13.1 Å². The van der Waals surface area contributed by atoms with Crippen molar-refractivity contribution in [3.05, 3.63) is 52.5 Å². The lowest BCUT2D eigenvalue weighted by Crippen LogP contribution is -2.50. The van der Waals surface area contributed by atoms with Gasteiger partial charge >= 0.3 is 0 Å². The smallest absolute Gasteiger partial charge is 0.243 e. The molecule has 1 fully saturated rings. The topological polar surface area (TPSA) is 84.9 Å². The predicted octanol–water partition coefficient (Wildman–Crippen LogP) is 2.34. The van der Waals surface area contributed by atoms with Gasteiger partial charge in [0, 0.05) is 36.3 Å². The van der Waals surface area contributed by atoms with E-state index in [0.717, 1.165) is 34.5 Å². The fourth-order valence-electron chi connectivity index (χ4n) is 3.28. The first-order valence-corrected chi connectivity index (χ1v) is 10.3. The molecule has 3 rings (SSSR count). The Balaban J connectivity index is 1.40. The number of phenolic OH excluding ortho intramolecular Hbond substituents is 1. The molecule has 1 heterocycles. The average Bonchev–Trinajstić information content (AvgIpc) is 2.70. The first kappa shape index (κ1) is 21.1. The van der Waals surface area contributed by atoms with Crippen molar-refractivity contribution in [2.45, 2.75) is 6.92 Å². The number of nitrogens with zero attached hydrogens (tertiary/aromatic N) is 2.